The first-order valence-corrected chi connectivity index (χ1v) is 9.67. The molecular weight excluding hydrogens is 340 g/mol. The van der Waals surface area contributed by atoms with Crippen LogP contribution in [0.5, 0.6) is 0 Å². The number of H-pyrrole nitrogens is 1. The van der Waals surface area contributed by atoms with Crippen LogP contribution in [0.4, 0.5) is 0 Å². The Balaban J connectivity index is 1.76. The fraction of sp³-hybridized carbons (Fsp3) is 0.476. The van der Waals surface area contributed by atoms with Crippen molar-refractivity contribution in [1.29, 1.82) is 0 Å². The van der Waals surface area contributed by atoms with Crippen molar-refractivity contribution in [1.82, 2.24) is 20.0 Å². The Hall–Kier alpha value is -2.63. The van der Waals surface area contributed by atoms with E-state index >= 15 is 0 Å². The molecule has 2 heterocycles. The minimum absolute atomic E-state index is 0.00710. The highest BCUT2D eigenvalue weighted by atomic mass is 16.2. The molecule has 2 aromatic rings. The van der Waals surface area contributed by atoms with Gasteiger partial charge in [-0.15, -0.1) is 0 Å². The summed E-state index contributed by atoms with van der Waals surface area (Å²) in [4.78, 5) is 29.4. The second-order valence-corrected chi connectivity index (χ2v) is 7.43. The third-order valence-corrected chi connectivity index (χ3v) is 5.18. The molecule has 1 aliphatic rings. The molecule has 1 aliphatic heterocycles. The van der Waals surface area contributed by atoms with E-state index in [0.717, 1.165) is 17.7 Å². The Morgan fingerprint density at radius 1 is 1.30 bits per heavy atom. The summed E-state index contributed by atoms with van der Waals surface area (Å²) in [7, 11) is 0. The highest BCUT2D eigenvalue weighted by molar-refractivity contribution is 5.93. The number of carbonyl (C=O) groups is 2. The molecule has 1 N–H and O–H groups in total. The molecule has 1 aromatic heterocycles. The van der Waals surface area contributed by atoms with Crippen LogP contribution in [0.2, 0.25) is 0 Å². The fourth-order valence-electron chi connectivity index (χ4n) is 3.46. The average molecular weight is 368 g/mol. The topological polar surface area (TPSA) is 69.3 Å². The lowest BCUT2D eigenvalue weighted by Crippen LogP contribution is -2.43. The summed E-state index contributed by atoms with van der Waals surface area (Å²) in [5, 5.41) is 7.13. The molecule has 1 saturated heterocycles. The van der Waals surface area contributed by atoms with Gasteiger partial charge < -0.3 is 9.80 Å². The van der Waals surface area contributed by atoms with Crippen molar-refractivity contribution in [2.45, 2.75) is 52.1 Å². The molecule has 3 rings (SSSR count). The summed E-state index contributed by atoms with van der Waals surface area (Å²) in [6.45, 7) is 7.73. The number of nitrogens with one attached hydrogen (secondary N) is 1. The molecule has 27 heavy (non-hydrogen) atoms. The van der Waals surface area contributed by atoms with E-state index in [2.05, 4.69) is 31.0 Å². The number of carbonyl (C=O) groups excluding carboxylic acids is 2. The second kappa shape index (κ2) is 8.37. The second-order valence-electron chi connectivity index (χ2n) is 7.43. The number of aromatic nitrogens is 2. The Morgan fingerprint density at radius 3 is 2.67 bits per heavy atom. The van der Waals surface area contributed by atoms with Crippen molar-refractivity contribution in [3.05, 3.63) is 53.3 Å². The van der Waals surface area contributed by atoms with E-state index < -0.39 is 0 Å². The number of nitrogens with zero attached hydrogens (tertiary/aromatic N) is 3. The zero-order chi connectivity index (χ0) is 19.4. The van der Waals surface area contributed by atoms with Crippen molar-refractivity contribution in [2.75, 3.05) is 13.1 Å². The van der Waals surface area contributed by atoms with Gasteiger partial charge in [-0.05, 0) is 24.0 Å². The van der Waals surface area contributed by atoms with Gasteiger partial charge in [-0.2, -0.15) is 5.10 Å². The third-order valence-electron chi connectivity index (χ3n) is 5.18. The molecule has 1 fully saturated rings. The largest absolute Gasteiger partial charge is 0.335 e. The van der Waals surface area contributed by atoms with Crippen molar-refractivity contribution in [3.8, 4) is 0 Å². The first-order valence-electron chi connectivity index (χ1n) is 9.67. The molecule has 1 atom stereocenters. The fourth-order valence-corrected chi connectivity index (χ4v) is 3.46. The predicted octanol–water partition coefficient (Wildman–Crippen LogP) is 3.19. The van der Waals surface area contributed by atoms with Crippen molar-refractivity contribution >= 4 is 11.8 Å². The lowest BCUT2D eigenvalue weighted by molar-refractivity contribution is -0.133. The van der Waals surface area contributed by atoms with Crippen LogP contribution in [0.1, 0.15) is 61.3 Å². The zero-order valence-electron chi connectivity index (χ0n) is 16.3. The van der Waals surface area contributed by atoms with Crippen LogP contribution < -0.4 is 0 Å². The summed E-state index contributed by atoms with van der Waals surface area (Å²) >= 11 is 0. The van der Waals surface area contributed by atoms with E-state index in [-0.39, 0.29) is 23.8 Å². The normalized spacial score (nSPS) is 18.1. The van der Waals surface area contributed by atoms with Crippen LogP contribution >= 0.6 is 0 Å². The summed E-state index contributed by atoms with van der Waals surface area (Å²) in [6.07, 6.45) is 1.15. The van der Waals surface area contributed by atoms with Crippen LogP contribution in [-0.4, -0.2) is 50.9 Å². The minimum atomic E-state index is -0.106. The van der Waals surface area contributed by atoms with Crippen LogP contribution in [0, 0.1) is 0 Å². The maximum absolute atomic E-state index is 12.9. The van der Waals surface area contributed by atoms with Gasteiger partial charge in [-0.25, -0.2) is 0 Å². The standard InChI is InChI=1S/C21H28N4O2/c1-4-17-14-24(21(27)19-12-18(15(2)3)22-23-19)11-10-20(26)25(17)13-16-8-6-5-7-9-16/h5-9,12,15,17H,4,10-11,13-14H2,1-3H3,(H,22,23)/t17-/m0/s1. The molecule has 0 aliphatic carbocycles. The summed E-state index contributed by atoms with van der Waals surface area (Å²) in [5.74, 6) is 0.284. The third kappa shape index (κ3) is 4.38. The molecule has 0 radical (unpaired) electrons. The minimum Gasteiger partial charge on any atom is -0.335 e. The molecule has 144 valence electrons. The van der Waals surface area contributed by atoms with E-state index in [1.54, 1.807) is 4.90 Å². The number of benzene rings is 1. The molecule has 6 nitrogen and oxygen atoms in total. The van der Waals surface area contributed by atoms with E-state index in [9.17, 15) is 9.59 Å². The average Bonchev–Trinajstić information content (AvgIpc) is 3.12. The van der Waals surface area contributed by atoms with E-state index in [1.165, 1.54) is 0 Å². The highest BCUT2D eigenvalue weighted by Crippen LogP contribution is 2.20. The van der Waals surface area contributed by atoms with Gasteiger partial charge in [0.2, 0.25) is 5.91 Å². The van der Waals surface area contributed by atoms with Crippen molar-refractivity contribution in [2.24, 2.45) is 0 Å². The Bertz CT molecular complexity index is 784. The van der Waals surface area contributed by atoms with Gasteiger partial charge in [-0.3, -0.25) is 14.7 Å². The van der Waals surface area contributed by atoms with E-state index in [0.29, 0.717) is 31.7 Å². The van der Waals surface area contributed by atoms with Gasteiger partial charge in [0, 0.05) is 37.8 Å². The van der Waals surface area contributed by atoms with Crippen molar-refractivity contribution < 1.29 is 9.59 Å². The smallest absolute Gasteiger partial charge is 0.274 e. The Kier molecular flexibility index (Phi) is 5.94. The van der Waals surface area contributed by atoms with Gasteiger partial charge in [0.15, 0.2) is 0 Å². The van der Waals surface area contributed by atoms with Crippen LogP contribution in [-0.2, 0) is 11.3 Å². The molecule has 0 spiro atoms. The van der Waals surface area contributed by atoms with E-state index in [4.69, 9.17) is 0 Å². The SMILES string of the molecule is CC[C@H]1CN(C(=O)c2cc(C(C)C)[nH]n2)CCC(=O)N1Cc1ccccc1. The first kappa shape index (κ1) is 19.1. The van der Waals surface area contributed by atoms with Crippen molar-refractivity contribution in [3.63, 3.8) is 0 Å². The maximum Gasteiger partial charge on any atom is 0.274 e. The lowest BCUT2D eigenvalue weighted by Gasteiger charge is -2.31. The van der Waals surface area contributed by atoms with Crippen LogP contribution in [0.25, 0.3) is 0 Å². The predicted molar refractivity (Wildman–Crippen MR) is 104 cm³/mol. The molecular formula is C21H28N4O2. The monoisotopic (exact) mass is 368 g/mol. The van der Waals surface area contributed by atoms with Gasteiger partial charge in [0.05, 0.1) is 0 Å². The molecule has 2 amide bonds. The maximum atomic E-state index is 12.9. The van der Waals surface area contributed by atoms with Gasteiger partial charge in [-0.1, -0.05) is 51.1 Å². The molecule has 0 saturated carbocycles. The number of amides is 2. The number of hydrogen-bond acceptors (Lipinski definition) is 3. The van der Waals surface area contributed by atoms with Crippen LogP contribution in [0.3, 0.4) is 0 Å². The molecule has 1 aromatic carbocycles. The lowest BCUT2D eigenvalue weighted by atomic mass is 10.1. The molecule has 0 bridgehead atoms. The number of aromatic amines is 1. The zero-order valence-corrected chi connectivity index (χ0v) is 16.3. The Morgan fingerprint density at radius 2 is 2.04 bits per heavy atom. The number of hydrogen-bond donors (Lipinski definition) is 1. The highest BCUT2D eigenvalue weighted by Gasteiger charge is 2.31. The van der Waals surface area contributed by atoms with E-state index in [1.807, 2.05) is 41.3 Å². The van der Waals surface area contributed by atoms with Gasteiger partial charge >= 0.3 is 0 Å². The summed E-state index contributed by atoms with van der Waals surface area (Å²) in [5.41, 5.74) is 2.48. The summed E-state index contributed by atoms with van der Waals surface area (Å²) < 4.78 is 0. The van der Waals surface area contributed by atoms with Gasteiger partial charge in [0.25, 0.3) is 5.91 Å². The quantitative estimate of drug-likeness (QED) is 0.881. The summed E-state index contributed by atoms with van der Waals surface area (Å²) in [6, 6.07) is 11.8. The molecule has 6 heteroatoms. The number of rotatable bonds is 5. The Labute approximate surface area is 160 Å². The van der Waals surface area contributed by atoms with Crippen LogP contribution in [0.15, 0.2) is 36.4 Å². The molecule has 0 unspecified atom stereocenters. The van der Waals surface area contributed by atoms with Gasteiger partial charge in [0.1, 0.15) is 5.69 Å². The first-order chi connectivity index (χ1) is 13.0.